The molecule has 1 atom stereocenters. The highest BCUT2D eigenvalue weighted by Crippen LogP contribution is 2.28. The summed E-state index contributed by atoms with van der Waals surface area (Å²) in [6.45, 7) is 2.22. The Morgan fingerprint density at radius 3 is 2.81 bits per heavy atom. The van der Waals surface area contributed by atoms with Crippen LogP contribution in [0.5, 0.6) is 5.75 Å². The topological polar surface area (TPSA) is 69.6 Å². The van der Waals surface area contributed by atoms with Crippen molar-refractivity contribution in [3.63, 3.8) is 0 Å². The van der Waals surface area contributed by atoms with E-state index in [1.165, 1.54) is 13.0 Å². The van der Waals surface area contributed by atoms with Crippen molar-refractivity contribution in [1.29, 1.82) is 0 Å². The summed E-state index contributed by atoms with van der Waals surface area (Å²) < 4.78 is 13.6. The van der Waals surface area contributed by atoms with E-state index in [4.69, 9.17) is 0 Å². The molecule has 0 aromatic heterocycles. The average Bonchev–Trinajstić information content (AvgIpc) is 2.89. The molecule has 1 unspecified atom stereocenters. The predicted molar refractivity (Wildman–Crippen MR) is 75.6 cm³/mol. The minimum atomic E-state index is -0.566. The number of phenols is 1. The lowest BCUT2D eigenvalue weighted by Gasteiger charge is -2.23. The molecule has 1 aromatic carbocycles. The lowest BCUT2D eigenvalue weighted by molar-refractivity contribution is -0.125. The fourth-order valence-electron chi connectivity index (χ4n) is 2.74. The van der Waals surface area contributed by atoms with E-state index in [1.54, 1.807) is 7.05 Å². The van der Waals surface area contributed by atoms with E-state index in [0.717, 1.165) is 18.9 Å². The summed E-state index contributed by atoms with van der Waals surface area (Å²) in [7, 11) is 1.58. The molecule has 1 heterocycles. The van der Waals surface area contributed by atoms with Crippen LogP contribution in [-0.4, -0.2) is 41.3 Å². The van der Waals surface area contributed by atoms with Crippen LogP contribution in [0, 0.1) is 5.82 Å². The number of benzene rings is 1. The third-order valence-electron chi connectivity index (χ3n) is 3.82. The van der Waals surface area contributed by atoms with Gasteiger partial charge < -0.3 is 10.4 Å². The van der Waals surface area contributed by atoms with E-state index in [0.29, 0.717) is 12.1 Å². The van der Waals surface area contributed by atoms with Crippen molar-refractivity contribution >= 4 is 11.7 Å². The number of amides is 1. The maximum absolute atomic E-state index is 13.6. The van der Waals surface area contributed by atoms with Crippen LogP contribution in [0.15, 0.2) is 12.1 Å². The van der Waals surface area contributed by atoms with Crippen molar-refractivity contribution in [2.75, 3.05) is 13.6 Å². The first-order chi connectivity index (χ1) is 9.93. The van der Waals surface area contributed by atoms with E-state index < -0.39 is 11.6 Å². The molecule has 0 radical (unpaired) electrons. The van der Waals surface area contributed by atoms with Gasteiger partial charge in [0.25, 0.3) is 0 Å². The number of likely N-dealkylation sites (tertiary alicyclic amines) is 1. The molecule has 0 bridgehead atoms. The van der Waals surface area contributed by atoms with Crippen molar-refractivity contribution in [3.05, 3.63) is 29.1 Å². The molecule has 0 spiro atoms. The molecule has 21 heavy (non-hydrogen) atoms. The van der Waals surface area contributed by atoms with Crippen LogP contribution in [-0.2, 0) is 11.3 Å². The zero-order chi connectivity index (χ0) is 15.6. The summed E-state index contributed by atoms with van der Waals surface area (Å²) in [5.74, 6) is -1.25. The van der Waals surface area contributed by atoms with Gasteiger partial charge in [-0.3, -0.25) is 14.5 Å². The Labute approximate surface area is 122 Å². The highest BCUT2D eigenvalue weighted by molar-refractivity contribution is 5.97. The monoisotopic (exact) mass is 294 g/mol. The number of nitrogens with one attached hydrogen (secondary N) is 1. The quantitative estimate of drug-likeness (QED) is 0.825. The first kappa shape index (κ1) is 15.4. The van der Waals surface area contributed by atoms with Crippen LogP contribution >= 0.6 is 0 Å². The largest absolute Gasteiger partial charge is 0.507 e. The van der Waals surface area contributed by atoms with Crippen molar-refractivity contribution < 1.29 is 19.1 Å². The van der Waals surface area contributed by atoms with Gasteiger partial charge in [0.05, 0.1) is 11.6 Å². The molecule has 1 aliphatic rings. The number of phenolic OH excluding ortho intramolecular Hbond substituents is 1. The van der Waals surface area contributed by atoms with Crippen LogP contribution < -0.4 is 5.32 Å². The Bertz CT molecular complexity index is 574. The molecule has 2 rings (SSSR count). The Hall–Kier alpha value is -1.95. The van der Waals surface area contributed by atoms with E-state index in [1.807, 2.05) is 4.90 Å². The van der Waals surface area contributed by atoms with E-state index in [2.05, 4.69) is 5.32 Å². The van der Waals surface area contributed by atoms with Crippen LogP contribution in [0.1, 0.15) is 35.7 Å². The first-order valence-corrected chi connectivity index (χ1v) is 6.92. The summed E-state index contributed by atoms with van der Waals surface area (Å²) >= 11 is 0. The number of rotatable bonds is 4. The van der Waals surface area contributed by atoms with Gasteiger partial charge in [-0.2, -0.15) is 0 Å². The molecular weight excluding hydrogens is 275 g/mol. The highest BCUT2D eigenvalue weighted by Gasteiger charge is 2.30. The molecular formula is C15H19FN2O3. The summed E-state index contributed by atoms with van der Waals surface area (Å²) in [6, 6.07) is 1.96. The molecule has 1 saturated heterocycles. The fourth-order valence-corrected chi connectivity index (χ4v) is 2.74. The van der Waals surface area contributed by atoms with Gasteiger partial charge in [-0.15, -0.1) is 0 Å². The Morgan fingerprint density at radius 1 is 1.48 bits per heavy atom. The smallest absolute Gasteiger partial charge is 0.237 e. The van der Waals surface area contributed by atoms with Crippen molar-refractivity contribution in [1.82, 2.24) is 10.2 Å². The normalized spacial score (nSPS) is 18.7. The Balaban J connectivity index is 2.27. The number of Topliss-reactive ketones (excluding diaryl/α,β-unsaturated/α-hetero) is 1. The minimum Gasteiger partial charge on any atom is -0.507 e. The van der Waals surface area contributed by atoms with Crippen molar-refractivity contribution in [2.24, 2.45) is 0 Å². The number of hydrogen-bond acceptors (Lipinski definition) is 4. The molecule has 0 aliphatic carbocycles. The molecule has 114 valence electrons. The number of carbonyl (C=O) groups is 2. The van der Waals surface area contributed by atoms with Gasteiger partial charge in [-0.1, -0.05) is 0 Å². The molecule has 0 saturated carbocycles. The van der Waals surface area contributed by atoms with E-state index >= 15 is 0 Å². The number of halogens is 1. The summed E-state index contributed by atoms with van der Waals surface area (Å²) in [5.41, 5.74) is 0.302. The molecule has 1 amide bonds. The van der Waals surface area contributed by atoms with Gasteiger partial charge in [0.1, 0.15) is 11.6 Å². The second-order valence-corrected chi connectivity index (χ2v) is 5.26. The number of carbonyl (C=O) groups excluding carboxylic acids is 2. The van der Waals surface area contributed by atoms with Crippen LogP contribution in [0.25, 0.3) is 0 Å². The third kappa shape index (κ3) is 3.21. The summed E-state index contributed by atoms with van der Waals surface area (Å²) in [6.07, 6.45) is 1.60. The molecule has 1 aromatic rings. The molecule has 1 fully saturated rings. The molecule has 1 aliphatic heterocycles. The van der Waals surface area contributed by atoms with Crippen LogP contribution in [0.4, 0.5) is 4.39 Å². The zero-order valence-corrected chi connectivity index (χ0v) is 12.1. The Morgan fingerprint density at radius 2 is 2.19 bits per heavy atom. The number of ketones is 1. The number of likely N-dealkylation sites (N-methyl/N-ethyl adjacent to an activating group) is 1. The standard InChI is InChI=1S/C15H19FN2O3/c1-9(19)12-7-11(16)6-10(14(12)20)8-18-5-3-4-13(18)15(21)17-2/h6-7,13,20H,3-5,8H2,1-2H3,(H,17,21). The van der Waals surface area contributed by atoms with Gasteiger partial charge >= 0.3 is 0 Å². The van der Waals surface area contributed by atoms with Crippen LogP contribution in [0.2, 0.25) is 0 Å². The van der Waals surface area contributed by atoms with E-state index in [9.17, 15) is 19.1 Å². The lowest BCUT2D eigenvalue weighted by atomic mass is 10.0. The third-order valence-corrected chi connectivity index (χ3v) is 3.82. The number of nitrogens with zero attached hydrogens (tertiary/aromatic N) is 1. The Kier molecular flexibility index (Phi) is 4.57. The van der Waals surface area contributed by atoms with Gasteiger partial charge in [0.15, 0.2) is 5.78 Å². The zero-order valence-electron chi connectivity index (χ0n) is 12.1. The van der Waals surface area contributed by atoms with Crippen LogP contribution in [0.3, 0.4) is 0 Å². The lowest BCUT2D eigenvalue weighted by Crippen LogP contribution is -2.41. The minimum absolute atomic E-state index is 0.0271. The molecule has 5 nitrogen and oxygen atoms in total. The molecule has 6 heteroatoms. The van der Waals surface area contributed by atoms with Gasteiger partial charge in [-0.05, 0) is 38.4 Å². The van der Waals surface area contributed by atoms with Crippen molar-refractivity contribution in [2.45, 2.75) is 32.4 Å². The summed E-state index contributed by atoms with van der Waals surface area (Å²) in [4.78, 5) is 25.1. The molecule has 2 N–H and O–H groups in total. The fraction of sp³-hybridized carbons (Fsp3) is 0.467. The van der Waals surface area contributed by atoms with E-state index in [-0.39, 0.29) is 29.8 Å². The van der Waals surface area contributed by atoms with Crippen molar-refractivity contribution in [3.8, 4) is 5.75 Å². The summed E-state index contributed by atoms with van der Waals surface area (Å²) in [5, 5.41) is 12.7. The maximum Gasteiger partial charge on any atom is 0.237 e. The van der Waals surface area contributed by atoms with Gasteiger partial charge in [-0.25, -0.2) is 4.39 Å². The highest BCUT2D eigenvalue weighted by atomic mass is 19.1. The van der Waals surface area contributed by atoms with Gasteiger partial charge in [0, 0.05) is 19.2 Å². The number of hydrogen-bond donors (Lipinski definition) is 2. The average molecular weight is 294 g/mol. The van der Waals surface area contributed by atoms with Gasteiger partial charge in [0.2, 0.25) is 5.91 Å². The predicted octanol–water partition coefficient (Wildman–Crippen LogP) is 1.44. The second kappa shape index (κ2) is 6.22. The number of aromatic hydroxyl groups is 1. The second-order valence-electron chi connectivity index (χ2n) is 5.26. The SMILES string of the molecule is CNC(=O)C1CCCN1Cc1cc(F)cc(C(C)=O)c1O. The first-order valence-electron chi connectivity index (χ1n) is 6.92. The maximum atomic E-state index is 13.6.